The topological polar surface area (TPSA) is 84.6 Å². The molecule has 1 aliphatic carbocycles. The van der Waals surface area contributed by atoms with Crippen LogP contribution in [0.5, 0.6) is 0 Å². The molecule has 7 nitrogen and oxygen atoms in total. The van der Waals surface area contributed by atoms with E-state index in [0.29, 0.717) is 18.5 Å². The second-order valence-electron chi connectivity index (χ2n) is 8.05. The Bertz CT molecular complexity index is 978. The zero-order valence-corrected chi connectivity index (χ0v) is 17.3. The van der Waals surface area contributed by atoms with E-state index >= 15 is 0 Å². The lowest BCUT2D eigenvalue weighted by molar-refractivity contribution is 0.121. The Morgan fingerprint density at radius 2 is 2.03 bits per heavy atom. The van der Waals surface area contributed by atoms with Crippen molar-refractivity contribution < 1.29 is 9.84 Å². The molecule has 0 spiro atoms. The minimum Gasteiger partial charge on any atom is -0.393 e. The van der Waals surface area contributed by atoms with Crippen LogP contribution in [0.4, 0.5) is 5.95 Å². The standard InChI is InChI=1S/C22H29N5O2/c1-14-10-17(8-9-23-14)19-11-20(16-4-6-18(28)7-5-16)27-21(19)12-24-22(26-27)25-15(2)13-29-3/h8-12,15-16,18,28H,4-7,13H2,1-3H3,(H,25,26)/t15?,16-,18-. The molecule has 2 N–H and O–H groups in total. The van der Waals surface area contributed by atoms with Crippen molar-refractivity contribution in [3.8, 4) is 11.1 Å². The molecule has 1 fully saturated rings. The maximum Gasteiger partial charge on any atom is 0.241 e. The van der Waals surface area contributed by atoms with E-state index in [2.05, 4.69) is 27.4 Å². The lowest BCUT2D eigenvalue weighted by Gasteiger charge is -2.25. The van der Waals surface area contributed by atoms with Crippen LogP contribution >= 0.6 is 0 Å². The zero-order chi connectivity index (χ0) is 20.4. The van der Waals surface area contributed by atoms with E-state index in [1.165, 1.54) is 5.69 Å². The normalized spacial score (nSPS) is 20.7. The number of aromatic nitrogens is 4. The van der Waals surface area contributed by atoms with Crippen LogP contribution in [0, 0.1) is 6.92 Å². The van der Waals surface area contributed by atoms with E-state index in [0.717, 1.165) is 48.0 Å². The number of pyridine rings is 1. The molecule has 0 radical (unpaired) electrons. The predicted octanol–water partition coefficient (Wildman–Crippen LogP) is 3.57. The van der Waals surface area contributed by atoms with Gasteiger partial charge in [0.25, 0.3) is 0 Å². The van der Waals surface area contributed by atoms with Gasteiger partial charge in [0.05, 0.1) is 24.4 Å². The monoisotopic (exact) mass is 395 g/mol. The summed E-state index contributed by atoms with van der Waals surface area (Å²) in [4.78, 5) is 8.88. The molecule has 154 valence electrons. The lowest BCUT2D eigenvalue weighted by Crippen LogP contribution is -2.23. The minimum atomic E-state index is -0.179. The van der Waals surface area contributed by atoms with Crippen LogP contribution < -0.4 is 5.32 Å². The van der Waals surface area contributed by atoms with E-state index in [1.807, 2.05) is 36.8 Å². The molecule has 1 saturated carbocycles. The van der Waals surface area contributed by atoms with Crippen LogP contribution in [0.3, 0.4) is 0 Å². The number of hydrogen-bond acceptors (Lipinski definition) is 6. The van der Waals surface area contributed by atoms with Gasteiger partial charge >= 0.3 is 0 Å². The highest BCUT2D eigenvalue weighted by Crippen LogP contribution is 2.37. The molecule has 1 aliphatic rings. The van der Waals surface area contributed by atoms with Gasteiger partial charge < -0.3 is 15.2 Å². The Morgan fingerprint density at radius 1 is 1.24 bits per heavy atom. The Balaban J connectivity index is 1.78. The third-order valence-corrected chi connectivity index (χ3v) is 5.66. The number of aliphatic hydroxyl groups excluding tert-OH is 1. The van der Waals surface area contributed by atoms with E-state index in [1.54, 1.807) is 7.11 Å². The first-order valence-electron chi connectivity index (χ1n) is 10.3. The van der Waals surface area contributed by atoms with Crippen LogP contribution in [0.1, 0.15) is 49.9 Å². The van der Waals surface area contributed by atoms with Crippen molar-refractivity contribution in [3.05, 3.63) is 42.0 Å². The number of anilines is 1. The van der Waals surface area contributed by atoms with E-state index in [-0.39, 0.29) is 12.1 Å². The molecule has 0 bridgehead atoms. The molecule has 4 rings (SSSR count). The fraction of sp³-hybridized carbons (Fsp3) is 0.500. The number of aryl methyl sites for hydroxylation is 1. The molecule has 3 aromatic heterocycles. The number of fused-ring (bicyclic) bond motifs is 1. The van der Waals surface area contributed by atoms with Crippen LogP contribution in [0.2, 0.25) is 0 Å². The van der Waals surface area contributed by atoms with Gasteiger partial charge in [0.1, 0.15) is 0 Å². The molecule has 3 heterocycles. The Morgan fingerprint density at radius 3 is 2.76 bits per heavy atom. The smallest absolute Gasteiger partial charge is 0.241 e. The van der Waals surface area contributed by atoms with Gasteiger partial charge in [-0.25, -0.2) is 9.50 Å². The highest BCUT2D eigenvalue weighted by Gasteiger charge is 2.25. The average molecular weight is 396 g/mol. The summed E-state index contributed by atoms with van der Waals surface area (Å²) >= 11 is 0. The zero-order valence-electron chi connectivity index (χ0n) is 17.3. The molecule has 3 aromatic rings. The van der Waals surface area contributed by atoms with Gasteiger partial charge in [0.2, 0.25) is 5.95 Å². The Labute approximate surface area is 171 Å². The molecule has 0 aromatic carbocycles. The fourth-order valence-corrected chi connectivity index (χ4v) is 4.20. The number of ether oxygens (including phenoxy) is 1. The maximum absolute atomic E-state index is 9.93. The molecule has 0 aliphatic heterocycles. The van der Waals surface area contributed by atoms with Gasteiger partial charge in [-0.05, 0) is 63.3 Å². The quantitative estimate of drug-likeness (QED) is 0.664. The van der Waals surface area contributed by atoms with Crippen molar-refractivity contribution in [1.82, 2.24) is 19.6 Å². The van der Waals surface area contributed by atoms with Crippen molar-refractivity contribution in [3.63, 3.8) is 0 Å². The van der Waals surface area contributed by atoms with Crippen molar-refractivity contribution in [2.24, 2.45) is 0 Å². The third-order valence-electron chi connectivity index (χ3n) is 5.66. The number of methoxy groups -OCH3 is 1. The molecule has 7 heteroatoms. The molecule has 1 unspecified atom stereocenters. The van der Waals surface area contributed by atoms with Crippen molar-refractivity contribution in [1.29, 1.82) is 0 Å². The van der Waals surface area contributed by atoms with Crippen LogP contribution in [0.15, 0.2) is 30.6 Å². The summed E-state index contributed by atoms with van der Waals surface area (Å²) in [6.07, 6.45) is 7.16. The minimum absolute atomic E-state index is 0.114. The first-order chi connectivity index (χ1) is 14.0. The molecular formula is C22H29N5O2. The SMILES string of the molecule is COCC(C)Nc1ncc2c(-c3ccnc(C)c3)cc([C@H]3CC[C@H](O)CC3)n2n1. The largest absolute Gasteiger partial charge is 0.393 e. The number of nitrogens with one attached hydrogen (secondary N) is 1. The van der Waals surface area contributed by atoms with Gasteiger partial charge in [-0.1, -0.05) is 0 Å². The molecule has 0 amide bonds. The molecule has 0 saturated heterocycles. The Hall–Kier alpha value is -2.51. The molecular weight excluding hydrogens is 366 g/mol. The van der Waals surface area contributed by atoms with Gasteiger partial charge in [0, 0.05) is 42.2 Å². The van der Waals surface area contributed by atoms with Crippen molar-refractivity contribution in [2.75, 3.05) is 19.0 Å². The van der Waals surface area contributed by atoms with Gasteiger partial charge in [-0.2, -0.15) is 0 Å². The maximum atomic E-state index is 9.93. The van der Waals surface area contributed by atoms with Crippen molar-refractivity contribution in [2.45, 2.75) is 57.6 Å². The lowest BCUT2D eigenvalue weighted by atomic mass is 9.85. The van der Waals surface area contributed by atoms with Crippen LogP contribution in [-0.4, -0.2) is 50.6 Å². The summed E-state index contributed by atoms with van der Waals surface area (Å²) in [7, 11) is 1.69. The van der Waals surface area contributed by atoms with Gasteiger partial charge in [0.15, 0.2) is 0 Å². The molecule has 1 atom stereocenters. The van der Waals surface area contributed by atoms with E-state index < -0.39 is 0 Å². The highest BCUT2D eigenvalue weighted by atomic mass is 16.5. The average Bonchev–Trinajstić information content (AvgIpc) is 3.08. The first kappa shape index (κ1) is 19.8. The highest BCUT2D eigenvalue weighted by molar-refractivity contribution is 5.81. The number of hydrogen-bond donors (Lipinski definition) is 2. The van der Waals surface area contributed by atoms with Crippen LogP contribution in [-0.2, 0) is 4.74 Å². The van der Waals surface area contributed by atoms with Crippen molar-refractivity contribution >= 4 is 11.5 Å². The number of nitrogens with zero attached hydrogens (tertiary/aromatic N) is 4. The molecule has 29 heavy (non-hydrogen) atoms. The number of rotatable bonds is 6. The summed E-state index contributed by atoms with van der Waals surface area (Å²) in [5, 5.41) is 18.1. The van der Waals surface area contributed by atoms with Gasteiger partial charge in [-0.15, -0.1) is 5.10 Å². The van der Waals surface area contributed by atoms with E-state index in [9.17, 15) is 5.11 Å². The van der Waals surface area contributed by atoms with Gasteiger partial charge in [-0.3, -0.25) is 4.98 Å². The fourth-order valence-electron chi connectivity index (χ4n) is 4.20. The van der Waals surface area contributed by atoms with E-state index in [4.69, 9.17) is 9.84 Å². The third kappa shape index (κ3) is 4.26. The summed E-state index contributed by atoms with van der Waals surface area (Å²) in [5.74, 6) is 0.967. The predicted molar refractivity (Wildman–Crippen MR) is 113 cm³/mol. The Kier molecular flexibility index (Phi) is 5.78. The van der Waals surface area contributed by atoms with Crippen LogP contribution in [0.25, 0.3) is 16.6 Å². The first-order valence-corrected chi connectivity index (χ1v) is 10.3. The summed E-state index contributed by atoms with van der Waals surface area (Å²) in [5.41, 5.74) is 5.39. The second kappa shape index (κ2) is 8.47. The second-order valence-corrected chi connectivity index (χ2v) is 8.05. The summed E-state index contributed by atoms with van der Waals surface area (Å²) in [6.45, 7) is 4.63. The number of aliphatic hydroxyl groups is 1. The summed E-state index contributed by atoms with van der Waals surface area (Å²) in [6, 6.07) is 6.48. The summed E-state index contributed by atoms with van der Waals surface area (Å²) < 4.78 is 7.24.